The third-order valence-corrected chi connectivity index (χ3v) is 5.05. The maximum atomic E-state index is 6.47. The fourth-order valence-corrected chi connectivity index (χ4v) is 3.82. The van der Waals surface area contributed by atoms with Crippen LogP contribution in [-0.4, -0.2) is 32.6 Å². The molecule has 3 aromatic carbocycles. The lowest BCUT2D eigenvalue weighted by Gasteiger charge is -2.33. The van der Waals surface area contributed by atoms with Gasteiger partial charge in [0.1, 0.15) is 17.3 Å². The minimum Gasteiger partial charge on any atom is -0.497 e. The lowest BCUT2D eigenvalue weighted by molar-refractivity contribution is 0.412. The zero-order valence-electron chi connectivity index (χ0n) is 16.6. The van der Waals surface area contributed by atoms with Crippen LogP contribution in [0.5, 0.6) is 11.5 Å². The van der Waals surface area contributed by atoms with Gasteiger partial charge in [0, 0.05) is 23.6 Å². The Morgan fingerprint density at radius 2 is 1.54 bits per heavy atom. The van der Waals surface area contributed by atoms with Crippen molar-refractivity contribution in [3.05, 3.63) is 101 Å². The number of benzene rings is 3. The van der Waals surface area contributed by atoms with Crippen LogP contribution in [0.15, 0.2) is 84.4 Å². The summed E-state index contributed by atoms with van der Waals surface area (Å²) < 4.78 is 11.8. The molecule has 1 aliphatic heterocycles. The van der Waals surface area contributed by atoms with Crippen LogP contribution in [0.2, 0.25) is 0 Å². The van der Waals surface area contributed by atoms with Crippen LogP contribution in [0.25, 0.3) is 5.76 Å². The summed E-state index contributed by atoms with van der Waals surface area (Å²) in [5.41, 5.74) is 4.82. The first-order valence-electron chi connectivity index (χ1n) is 9.51. The van der Waals surface area contributed by atoms with E-state index in [1.165, 1.54) is 16.7 Å². The molecule has 0 aromatic heterocycles. The highest BCUT2D eigenvalue weighted by Gasteiger charge is 2.31. The van der Waals surface area contributed by atoms with Gasteiger partial charge in [-0.3, -0.25) is 0 Å². The summed E-state index contributed by atoms with van der Waals surface area (Å²) in [5, 5.41) is 0. The van der Waals surface area contributed by atoms with Crippen LogP contribution in [0, 0.1) is 0 Å². The zero-order chi connectivity index (χ0) is 19.5. The molecule has 3 heteroatoms. The topological polar surface area (TPSA) is 21.7 Å². The molecule has 0 fully saturated rings. The highest BCUT2D eigenvalue weighted by molar-refractivity contribution is 5.73. The Hall–Kier alpha value is -3.04. The number of likely N-dealkylation sites (N-methyl/N-ethyl adjacent to an activating group) is 1. The summed E-state index contributed by atoms with van der Waals surface area (Å²) >= 11 is 0. The number of para-hydroxylation sites is 1. The first-order chi connectivity index (χ1) is 13.7. The Morgan fingerprint density at radius 1 is 0.857 bits per heavy atom. The van der Waals surface area contributed by atoms with Gasteiger partial charge in [-0.2, -0.15) is 0 Å². The van der Waals surface area contributed by atoms with Crippen LogP contribution >= 0.6 is 0 Å². The van der Waals surface area contributed by atoms with E-state index in [9.17, 15) is 0 Å². The van der Waals surface area contributed by atoms with E-state index in [1.807, 2.05) is 18.2 Å². The number of rotatable bonds is 5. The largest absolute Gasteiger partial charge is 0.497 e. The molecule has 3 nitrogen and oxygen atoms in total. The minimum absolute atomic E-state index is 0.158. The summed E-state index contributed by atoms with van der Waals surface area (Å²) in [6.07, 6.45) is 0. The minimum atomic E-state index is 0.158. The molecule has 0 aliphatic carbocycles. The van der Waals surface area contributed by atoms with Crippen molar-refractivity contribution in [3.8, 4) is 11.5 Å². The van der Waals surface area contributed by atoms with Gasteiger partial charge in [-0.25, -0.2) is 0 Å². The van der Waals surface area contributed by atoms with Gasteiger partial charge in [0.05, 0.1) is 7.11 Å². The smallest absolute Gasteiger partial charge is 0.136 e. The third kappa shape index (κ3) is 3.54. The summed E-state index contributed by atoms with van der Waals surface area (Å²) in [4.78, 5) is 2.20. The van der Waals surface area contributed by atoms with Gasteiger partial charge >= 0.3 is 0 Å². The summed E-state index contributed by atoms with van der Waals surface area (Å²) in [5.74, 6) is 2.86. The number of methoxy groups -OCH3 is 1. The van der Waals surface area contributed by atoms with Crippen molar-refractivity contribution >= 4 is 5.76 Å². The Morgan fingerprint density at radius 3 is 2.21 bits per heavy atom. The number of nitrogens with zero attached hydrogens (tertiary/aromatic N) is 1. The van der Waals surface area contributed by atoms with Crippen molar-refractivity contribution in [1.82, 2.24) is 4.90 Å². The summed E-state index contributed by atoms with van der Waals surface area (Å²) in [6.45, 7) is 0.815. The van der Waals surface area contributed by atoms with E-state index >= 15 is 0 Å². The van der Waals surface area contributed by atoms with Gasteiger partial charge in [0.15, 0.2) is 0 Å². The third-order valence-electron chi connectivity index (χ3n) is 5.05. The maximum absolute atomic E-state index is 6.47. The SMILES string of the molecule is COc1ccc(C2=C(CN(C)C)[C@H](c3ccccc3)c3ccccc3O2)cc1. The van der Waals surface area contributed by atoms with Crippen LogP contribution in [0.1, 0.15) is 22.6 Å². The fraction of sp³-hybridized carbons (Fsp3) is 0.200. The lowest BCUT2D eigenvalue weighted by atomic mass is 9.81. The molecule has 0 amide bonds. The predicted molar refractivity (Wildman–Crippen MR) is 114 cm³/mol. The average molecular weight is 371 g/mol. The van der Waals surface area contributed by atoms with Gasteiger partial charge in [-0.1, -0.05) is 48.5 Å². The van der Waals surface area contributed by atoms with Crippen molar-refractivity contribution in [2.45, 2.75) is 5.92 Å². The molecular formula is C25H25NO2. The Kier molecular flexibility index (Phi) is 5.18. The lowest BCUT2D eigenvalue weighted by Crippen LogP contribution is -2.25. The molecule has 142 valence electrons. The van der Waals surface area contributed by atoms with E-state index in [-0.39, 0.29) is 5.92 Å². The van der Waals surface area contributed by atoms with Crippen molar-refractivity contribution in [3.63, 3.8) is 0 Å². The first-order valence-corrected chi connectivity index (χ1v) is 9.51. The van der Waals surface area contributed by atoms with Crippen molar-refractivity contribution in [2.24, 2.45) is 0 Å². The molecule has 3 aromatic rings. The molecule has 1 atom stereocenters. The molecule has 0 radical (unpaired) electrons. The second-order valence-electron chi connectivity index (χ2n) is 7.30. The van der Waals surface area contributed by atoms with E-state index in [0.29, 0.717) is 0 Å². The van der Waals surface area contributed by atoms with Gasteiger partial charge in [0.2, 0.25) is 0 Å². The maximum Gasteiger partial charge on any atom is 0.136 e. The molecule has 0 bridgehead atoms. The molecule has 0 N–H and O–H groups in total. The Balaban J connectivity index is 1.92. The second kappa shape index (κ2) is 7.91. The molecule has 0 spiro atoms. The first kappa shape index (κ1) is 18.3. The molecule has 28 heavy (non-hydrogen) atoms. The molecule has 0 saturated carbocycles. The number of ether oxygens (including phenoxy) is 2. The fourth-order valence-electron chi connectivity index (χ4n) is 3.82. The van der Waals surface area contributed by atoms with Gasteiger partial charge in [-0.05, 0) is 55.6 Å². The predicted octanol–water partition coefficient (Wildman–Crippen LogP) is 5.19. The zero-order valence-corrected chi connectivity index (χ0v) is 16.6. The van der Waals surface area contributed by atoms with Crippen molar-refractivity contribution in [2.75, 3.05) is 27.7 Å². The Bertz CT molecular complexity index is 975. The van der Waals surface area contributed by atoms with Crippen molar-refractivity contribution in [1.29, 1.82) is 0 Å². The monoisotopic (exact) mass is 371 g/mol. The average Bonchev–Trinajstić information content (AvgIpc) is 2.73. The second-order valence-corrected chi connectivity index (χ2v) is 7.30. The summed E-state index contributed by atoms with van der Waals surface area (Å²) in [7, 11) is 5.88. The van der Waals surface area contributed by atoms with E-state index in [2.05, 4.69) is 79.7 Å². The van der Waals surface area contributed by atoms with Crippen LogP contribution in [-0.2, 0) is 0 Å². The number of hydrogen-bond donors (Lipinski definition) is 0. The molecule has 0 saturated heterocycles. The van der Waals surface area contributed by atoms with Gasteiger partial charge in [-0.15, -0.1) is 0 Å². The van der Waals surface area contributed by atoms with Gasteiger partial charge in [0.25, 0.3) is 0 Å². The van der Waals surface area contributed by atoms with Crippen LogP contribution in [0.3, 0.4) is 0 Å². The molecule has 1 aliphatic rings. The molecular weight excluding hydrogens is 346 g/mol. The van der Waals surface area contributed by atoms with E-state index < -0.39 is 0 Å². The number of fused-ring (bicyclic) bond motifs is 1. The van der Waals surface area contributed by atoms with Gasteiger partial charge < -0.3 is 14.4 Å². The Labute approximate surface area is 166 Å². The van der Waals surface area contributed by atoms with E-state index in [0.717, 1.165) is 29.4 Å². The number of hydrogen-bond acceptors (Lipinski definition) is 3. The van der Waals surface area contributed by atoms with Crippen LogP contribution < -0.4 is 9.47 Å². The quantitative estimate of drug-likeness (QED) is 0.616. The van der Waals surface area contributed by atoms with Crippen LogP contribution in [0.4, 0.5) is 0 Å². The normalized spacial score (nSPS) is 15.9. The molecule has 1 heterocycles. The van der Waals surface area contributed by atoms with E-state index in [1.54, 1.807) is 7.11 Å². The summed E-state index contributed by atoms with van der Waals surface area (Å²) in [6, 6.07) is 27.1. The highest BCUT2D eigenvalue weighted by Crippen LogP contribution is 2.45. The van der Waals surface area contributed by atoms with E-state index in [4.69, 9.17) is 9.47 Å². The molecule has 4 rings (SSSR count). The molecule has 0 unspecified atom stereocenters. The van der Waals surface area contributed by atoms with Crippen molar-refractivity contribution < 1.29 is 9.47 Å². The highest BCUT2D eigenvalue weighted by atomic mass is 16.5. The standard InChI is InChI=1S/C25H25NO2/c1-26(2)17-22-24(18-9-5-4-6-10-18)21-11-7-8-12-23(21)28-25(22)19-13-15-20(27-3)16-14-19/h4-16,24H,17H2,1-3H3/t24-/m1/s1.